The van der Waals surface area contributed by atoms with Crippen LogP contribution in [0.2, 0.25) is 0 Å². The van der Waals surface area contributed by atoms with Gasteiger partial charge in [-0.05, 0) is 43.9 Å². The quantitative estimate of drug-likeness (QED) is 0.422. The van der Waals surface area contributed by atoms with Crippen LogP contribution in [0.15, 0.2) is 29.3 Å². The van der Waals surface area contributed by atoms with Gasteiger partial charge in [0, 0.05) is 19.7 Å². The fraction of sp³-hybridized carbons (Fsp3) is 0.562. The monoisotopic (exact) mass is 421 g/mol. The number of halogens is 2. The second-order valence-electron chi connectivity index (χ2n) is 5.16. The van der Waals surface area contributed by atoms with E-state index in [2.05, 4.69) is 15.6 Å². The van der Waals surface area contributed by atoms with E-state index in [1.54, 1.807) is 0 Å². The van der Waals surface area contributed by atoms with Gasteiger partial charge in [0.2, 0.25) is 0 Å². The molecule has 1 heterocycles. The molecule has 1 aromatic carbocycles. The molecule has 0 saturated carbocycles. The zero-order chi connectivity index (χ0) is 14.9. The third-order valence-electron chi connectivity index (χ3n) is 3.44. The number of ether oxygens (including phenoxy) is 1. The number of benzene rings is 1. The fourth-order valence-corrected chi connectivity index (χ4v) is 2.30. The van der Waals surface area contributed by atoms with Gasteiger partial charge in [0.25, 0.3) is 0 Å². The summed E-state index contributed by atoms with van der Waals surface area (Å²) in [5.41, 5.74) is 1.11. The number of hydrogen-bond acceptors (Lipinski definition) is 2. The average Bonchev–Trinajstić information content (AvgIpc) is 3.00. The molecule has 0 spiro atoms. The summed E-state index contributed by atoms with van der Waals surface area (Å²) < 4.78 is 18.4. The Morgan fingerprint density at radius 2 is 2.09 bits per heavy atom. The number of hydrogen-bond donors (Lipinski definition) is 2. The normalized spacial score (nSPS) is 17.9. The van der Waals surface area contributed by atoms with Crippen molar-refractivity contribution in [2.24, 2.45) is 4.99 Å². The molecule has 1 saturated heterocycles. The van der Waals surface area contributed by atoms with E-state index in [1.807, 2.05) is 19.1 Å². The lowest BCUT2D eigenvalue weighted by atomic mass is 10.1. The molecule has 124 valence electrons. The van der Waals surface area contributed by atoms with Gasteiger partial charge in [-0.1, -0.05) is 12.1 Å². The Balaban J connectivity index is 0.00000242. The molecule has 1 fully saturated rings. The first-order valence-corrected chi connectivity index (χ1v) is 7.66. The van der Waals surface area contributed by atoms with E-state index in [1.165, 1.54) is 12.1 Å². The van der Waals surface area contributed by atoms with Crippen LogP contribution in [0, 0.1) is 5.82 Å². The molecule has 2 rings (SSSR count). The van der Waals surface area contributed by atoms with E-state index in [9.17, 15) is 4.39 Å². The molecule has 1 aromatic rings. The van der Waals surface area contributed by atoms with Crippen molar-refractivity contribution in [2.75, 3.05) is 26.2 Å². The highest BCUT2D eigenvalue weighted by Crippen LogP contribution is 2.11. The average molecular weight is 421 g/mol. The van der Waals surface area contributed by atoms with Crippen molar-refractivity contribution in [3.05, 3.63) is 35.6 Å². The van der Waals surface area contributed by atoms with Gasteiger partial charge in [0.15, 0.2) is 5.96 Å². The molecule has 6 heteroatoms. The summed E-state index contributed by atoms with van der Waals surface area (Å²) in [6.07, 6.45) is 3.33. The molecule has 0 amide bonds. The molecule has 1 atom stereocenters. The van der Waals surface area contributed by atoms with Crippen LogP contribution in [0.3, 0.4) is 0 Å². The highest BCUT2D eigenvalue weighted by atomic mass is 127. The van der Waals surface area contributed by atoms with Crippen LogP contribution in [-0.2, 0) is 11.2 Å². The van der Waals surface area contributed by atoms with E-state index in [-0.39, 0.29) is 35.9 Å². The van der Waals surface area contributed by atoms with Crippen LogP contribution in [-0.4, -0.2) is 38.3 Å². The van der Waals surface area contributed by atoms with E-state index in [4.69, 9.17) is 4.74 Å². The Morgan fingerprint density at radius 1 is 1.32 bits per heavy atom. The highest BCUT2D eigenvalue weighted by molar-refractivity contribution is 14.0. The highest BCUT2D eigenvalue weighted by Gasteiger charge is 2.14. The van der Waals surface area contributed by atoms with Gasteiger partial charge in [0.05, 0.1) is 12.6 Å². The van der Waals surface area contributed by atoms with Crippen LogP contribution < -0.4 is 10.6 Å². The zero-order valence-electron chi connectivity index (χ0n) is 13.0. The number of aliphatic imine (C=N–C) groups is 1. The molecular weight excluding hydrogens is 396 g/mol. The Hall–Kier alpha value is -0.890. The maximum Gasteiger partial charge on any atom is 0.191 e. The first-order valence-electron chi connectivity index (χ1n) is 7.66. The van der Waals surface area contributed by atoms with Crippen molar-refractivity contribution in [3.8, 4) is 0 Å². The summed E-state index contributed by atoms with van der Waals surface area (Å²) in [7, 11) is 0. The van der Waals surface area contributed by atoms with E-state index in [0.717, 1.165) is 50.5 Å². The Kier molecular flexibility index (Phi) is 9.38. The van der Waals surface area contributed by atoms with Gasteiger partial charge in [-0.15, -0.1) is 24.0 Å². The maximum atomic E-state index is 12.8. The van der Waals surface area contributed by atoms with Crippen molar-refractivity contribution >= 4 is 29.9 Å². The predicted octanol–water partition coefficient (Wildman–Crippen LogP) is 2.72. The minimum atomic E-state index is -0.196. The van der Waals surface area contributed by atoms with Crippen LogP contribution in [0.4, 0.5) is 4.39 Å². The summed E-state index contributed by atoms with van der Waals surface area (Å²) in [6, 6.07) is 6.61. The first-order chi connectivity index (χ1) is 10.3. The van der Waals surface area contributed by atoms with Gasteiger partial charge >= 0.3 is 0 Å². The van der Waals surface area contributed by atoms with Crippen molar-refractivity contribution in [1.29, 1.82) is 0 Å². The fourth-order valence-electron chi connectivity index (χ4n) is 2.30. The molecular formula is C16H25FIN3O. The molecule has 22 heavy (non-hydrogen) atoms. The number of nitrogens with zero attached hydrogens (tertiary/aromatic N) is 1. The lowest BCUT2D eigenvalue weighted by Gasteiger charge is -2.13. The second kappa shape index (κ2) is 10.8. The Morgan fingerprint density at radius 3 is 2.73 bits per heavy atom. The molecule has 0 aromatic heterocycles. The SMILES string of the molecule is CCNC(=NCC1CCCO1)NCCc1ccc(F)cc1.I. The van der Waals surface area contributed by atoms with E-state index >= 15 is 0 Å². The zero-order valence-corrected chi connectivity index (χ0v) is 15.3. The molecule has 0 bridgehead atoms. The van der Waals surface area contributed by atoms with Crippen molar-refractivity contribution in [2.45, 2.75) is 32.3 Å². The molecule has 0 aliphatic carbocycles. The van der Waals surface area contributed by atoms with Crippen LogP contribution in [0.25, 0.3) is 0 Å². The van der Waals surface area contributed by atoms with Gasteiger partial charge in [0.1, 0.15) is 5.82 Å². The number of nitrogens with one attached hydrogen (secondary N) is 2. The first kappa shape index (κ1) is 19.2. The summed E-state index contributed by atoms with van der Waals surface area (Å²) in [5.74, 6) is 0.619. The predicted molar refractivity (Wildman–Crippen MR) is 98.5 cm³/mol. The standard InChI is InChI=1S/C16H24FN3O.HI/c1-2-18-16(20-12-15-4-3-11-21-15)19-10-9-13-5-7-14(17)8-6-13;/h5-8,15H,2-4,9-12H2,1H3,(H2,18,19,20);1H. The number of guanidine groups is 1. The molecule has 1 aliphatic rings. The van der Waals surface area contributed by atoms with Gasteiger partial charge in [-0.25, -0.2) is 4.39 Å². The van der Waals surface area contributed by atoms with Crippen LogP contribution in [0.1, 0.15) is 25.3 Å². The Labute approximate surface area is 148 Å². The van der Waals surface area contributed by atoms with Gasteiger partial charge < -0.3 is 15.4 Å². The summed E-state index contributed by atoms with van der Waals surface area (Å²) >= 11 is 0. The second-order valence-corrected chi connectivity index (χ2v) is 5.16. The minimum Gasteiger partial charge on any atom is -0.376 e. The summed E-state index contributed by atoms with van der Waals surface area (Å²) in [4.78, 5) is 4.55. The van der Waals surface area contributed by atoms with E-state index < -0.39 is 0 Å². The third kappa shape index (κ3) is 6.91. The Bertz CT molecular complexity index is 447. The van der Waals surface area contributed by atoms with Crippen molar-refractivity contribution < 1.29 is 9.13 Å². The van der Waals surface area contributed by atoms with Gasteiger partial charge in [-0.3, -0.25) is 4.99 Å². The molecule has 1 aliphatic heterocycles. The third-order valence-corrected chi connectivity index (χ3v) is 3.44. The van der Waals surface area contributed by atoms with Crippen LogP contribution in [0.5, 0.6) is 0 Å². The molecule has 4 nitrogen and oxygen atoms in total. The largest absolute Gasteiger partial charge is 0.376 e. The lowest BCUT2D eigenvalue weighted by molar-refractivity contribution is 0.117. The smallest absolute Gasteiger partial charge is 0.191 e. The summed E-state index contributed by atoms with van der Waals surface area (Å²) in [5, 5.41) is 6.52. The van der Waals surface area contributed by atoms with Crippen molar-refractivity contribution in [1.82, 2.24) is 10.6 Å². The van der Waals surface area contributed by atoms with Crippen molar-refractivity contribution in [3.63, 3.8) is 0 Å². The van der Waals surface area contributed by atoms with Gasteiger partial charge in [-0.2, -0.15) is 0 Å². The molecule has 0 radical (unpaired) electrons. The lowest BCUT2D eigenvalue weighted by Crippen LogP contribution is -2.38. The molecule has 1 unspecified atom stereocenters. The number of rotatable bonds is 6. The topological polar surface area (TPSA) is 45.7 Å². The maximum absolute atomic E-state index is 12.8. The minimum absolute atomic E-state index is 0. The van der Waals surface area contributed by atoms with Crippen LogP contribution >= 0.6 is 24.0 Å². The van der Waals surface area contributed by atoms with E-state index in [0.29, 0.717) is 6.54 Å². The molecule has 2 N–H and O–H groups in total. The summed E-state index contributed by atoms with van der Waals surface area (Å²) in [6.45, 7) is 5.20.